The molecular weight excluding hydrogens is 164 g/mol. The van der Waals surface area contributed by atoms with Crippen molar-refractivity contribution in [3.05, 3.63) is 35.1 Å². The predicted molar refractivity (Wildman–Crippen MR) is 51.1 cm³/mol. The zero-order valence-electron chi connectivity index (χ0n) is 7.63. The molecule has 0 aliphatic carbocycles. The highest BCUT2D eigenvalue weighted by Crippen LogP contribution is 2.24. The van der Waals surface area contributed by atoms with E-state index < -0.39 is 0 Å². The Morgan fingerprint density at radius 1 is 1.31 bits per heavy atom. The molecule has 2 aromatic rings. The van der Waals surface area contributed by atoms with Crippen molar-refractivity contribution in [2.45, 2.75) is 13.8 Å². The van der Waals surface area contributed by atoms with E-state index in [1.165, 1.54) is 5.56 Å². The molecule has 0 saturated heterocycles. The van der Waals surface area contributed by atoms with Gasteiger partial charge >= 0.3 is 0 Å². The van der Waals surface area contributed by atoms with Gasteiger partial charge in [-0.15, -0.1) is 0 Å². The van der Waals surface area contributed by atoms with Crippen LogP contribution in [0.25, 0.3) is 11.0 Å². The van der Waals surface area contributed by atoms with E-state index in [2.05, 4.69) is 0 Å². The lowest BCUT2D eigenvalue weighted by molar-refractivity contribution is 0.110. The summed E-state index contributed by atoms with van der Waals surface area (Å²) in [4.78, 5) is 10.6. The van der Waals surface area contributed by atoms with Crippen molar-refractivity contribution in [3.63, 3.8) is 0 Å². The van der Waals surface area contributed by atoms with Crippen molar-refractivity contribution >= 4 is 17.3 Å². The van der Waals surface area contributed by atoms with Crippen LogP contribution in [0.1, 0.15) is 21.7 Å². The normalized spacial score (nSPS) is 10.6. The first-order valence-electron chi connectivity index (χ1n) is 4.17. The summed E-state index contributed by atoms with van der Waals surface area (Å²) in [6.45, 7) is 3.92. The minimum absolute atomic E-state index is 0.431. The summed E-state index contributed by atoms with van der Waals surface area (Å²) in [5, 5.41) is 1.03. The molecule has 0 N–H and O–H groups in total. The molecule has 0 saturated carbocycles. The van der Waals surface area contributed by atoms with Crippen molar-refractivity contribution in [1.82, 2.24) is 0 Å². The van der Waals surface area contributed by atoms with Gasteiger partial charge < -0.3 is 4.42 Å². The summed E-state index contributed by atoms with van der Waals surface area (Å²) in [5.41, 5.74) is 2.88. The number of benzene rings is 1. The van der Waals surface area contributed by atoms with Gasteiger partial charge in [0.2, 0.25) is 0 Å². The van der Waals surface area contributed by atoms with Crippen LogP contribution in [0.15, 0.2) is 22.6 Å². The summed E-state index contributed by atoms with van der Waals surface area (Å²) in [6.07, 6.45) is 0.755. The van der Waals surface area contributed by atoms with Gasteiger partial charge in [0, 0.05) is 10.9 Å². The molecule has 0 aliphatic rings. The topological polar surface area (TPSA) is 30.2 Å². The number of carbonyl (C=O) groups is 1. The lowest BCUT2D eigenvalue weighted by Crippen LogP contribution is -1.77. The number of furan rings is 1. The zero-order valence-corrected chi connectivity index (χ0v) is 7.63. The highest BCUT2D eigenvalue weighted by molar-refractivity contribution is 5.89. The van der Waals surface area contributed by atoms with Crippen LogP contribution in [0, 0.1) is 13.8 Å². The van der Waals surface area contributed by atoms with E-state index in [1.807, 2.05) is 32.0 Å². The van der Waals surface area contributed by atoms with Crippen LogP contribution in [-0.2, 0) is 0 Å². The van der Waals surface area contributed by atoms with Crippen LogP contribution in [-0.4, -0.2) is 6.29 Å². The molecule has 13 heavy (non-hydrogen) atoms. The maximum Gasteiger partial charge on any atom is 0.185 e. The Hall–Kier alpha value is -1.57. The molecule has 0 amide bonds. The minimum Gasteiger partial charge on any atom is -0.453 e. The Labute approximate surface area is 76.2 Å². The summed E-state index contributed by atoms with van der Waals surface area (Å²) in [5.74, 6) is 0.431. The average molecular weight is 174 g/mol. The molecule has 0 radical (unpaired) electrons. The highest BCUT2D eigenvalue weighted by atomic mass is 16.3. The third-order valence-electron chi connectivity index (χ3n) is 2.24. The number of hydrogen-bond donors (Lipinski definition) is 0. The fraction of sp³-hybridized carbons (Fsp3) is 0.182. The Bertz CT molecular complexity index is 466. The van der Waals surface area contributed by atoms with Crippen LogP contribution >= 0.6 is 0 Å². The lowest BCUT2D eigenvalue weighted by atomic mass is 10.1. The van der Waals surface area contributed by atoms with Crippen LogP contribution < -0.4 is 0 Å². The van der Waals surface area contributed by atoms with Gasteiger partial charge in [-0.3, -0.25) is 4.79 Å². The summed E-state index contributed by atoms with van der Waals surface area (Å²) in [6, 6.07) is 5.89. The first-order chi connectivity index (χ1) is 6.22. The second kappa shape index (κ2) is 2.73. The van der Waals surface area contributed by atoms with Crippen molar-refractivity contribution < 1.29 is 9.21 Å². The summed E-state index contributed by atoms with van der Waals surface area (Å²) >= 11 is 0. The van der Waals surface area contributed by atoms with Crippen LogP contribution in [0.5, 0.6) is 0 Å². The van der Waals surface area contributed by atoms with E-state index in [9.17, 15) is 4.79 Å². The van der Waals surface area contributed by atoms with Crippen molar-refractivity contribution in [2.75, 3.05) is 0 Å². The van der Waals surface area contributed by atoms with Gasteiger partial charge in [0.1, 0.15) is 5.58 Å². The fourth-order valence-corrected chi connectivity index (χ4v) is 1.47. The first-order valence-corrected chi connectivity index (χ1v) is 4.17. The maximum absolute atomic E-state index is 10.6. The van der Waals surface area contributed by atoms with E-state index in [1.54, 1.807) is 0 Å². The van der Waals surface area contributed by atoms with E-state index >= 15 is 0 Å². The highest BCUT2D eigenvalue weighted by Gasteiger charge is 2.08. The molecular formula is C11H10O2. The quantitative estimate of drug-likeness (QED) is 0.622. The van der Waals surface area contributed by atoms with Crippen LogP contribution in [0.2, 0.25) is 0 Å². The van der Waals surface area contributed by atoms with Crippen molar-refractivity contribution in [1.29, 1.82) is 0 Å². The van der Waals surface area contributed by atoms with E-state index in [4.69, 9.17) is 4.42 Å². The second-order valence-corrected chi connectivity index (χ2v) is 3.21. The number of aryl methyl sites for hydroxylation is 2. The smallest absolute Gasteiger partial charge is 0.185 e. The molecule has 0 aliphatic heterocycles. The molecule has 2 nitrogen and oxygen atoms in total. The molecule has 0 bridgehead atoms. The van der Waals surface area contributed by atoms with Gasteiger partial charge in [-0.25, -0.2) is 0 Å². The van der Waals surface area contributed by atoms with Gasteiger partial charge in [0.25, 0.3) is 0 Å². The standard InChI is InChI=1S/C11H10O2/c1-7-3-4-10-9(5-7)8(2)11(6-12)13-10/h3-6H,1-2H3. The van der Waals surface area contributed by atoms with E-state index in [-0.39, 0.29) is 0 Å². The average Bonchev–Trinajstić information content (AvgIpc) is 2.44. The number of carbonyl (C=O) groups excluding carboxylic acids is 1. The van der Waals surface area contributed by atoms with Crippen LogP contribution in [0.4, 0.5) is 0 Å². The molecule has 1 aromatic heterocycles. The first kappa shape index (κ1) is 8.05. The largest absolute Gasteiger partial charge is 0.453 e. The Balaban J connectivity index is 2.84. The number of hydrogen-bond acceptors (Lipinski definition) is 2. The Morgan fingerprint density at radius 2 is 2.08 bits per heavy atom. The summed E-state index contributed by atoms with van der Waals surface area (Å²) in [7, 11) is 0. The summed E-state index contributed by atoms with van der Waals surface area (Å²) < 4.78 is 5.33. The molecule has 0 atom stereocenters. The molecule has 66 valence electrons. The second-order valence-electron chi connectivity index (χ2n) is 3.21. The third-order valence-corrected chi connectivity index (χ3v) is 2.24. The van der Waals surface area contributed by atoms with Crippen molar-refractivity contribution in [3.8, 4) is 0 Å². The van der Waals surface area contributed by atoms with E-state index in [0.29, 0.717) is 5.76 Å². The van der Waals surface area contributed by atoms with Gasteiger partial charge in [-0.1, -0.05) is 11.6 Å². The van der Waals surface area contributed by atoms with Gasteiger partial charge in [-0.05, 0) is 26.0 Å². The lowest BCUT2D eigenvalue weighted by Gasteiger charge is -1.91. The molecule has 1 heterocycles. The SMILES string of the molecule is Cc1ccc2oc(C=O)c(C)c2c1. The molecule has 1 aromatic carbocycles. The monoisotopic (exact) mass is 174 g/mol. The van der Waals surface area contributed by atoms with Crippen molar-refractivity contribution in [2.24, 2.45) is 0 Å². The Kier molecular flexibility index (Phi) is 1.69. The predicted octanol–water partition coefficient (Wildman–Crippen LogP) is 2.86. The van der Waals surface area contributed by atoms with Gasteiger partial charge in [-0.2, -0.15) is 0 Å². The fourth-order valence-electron chi connectivity index (χ4n) is 1.47. The molecule has 2 rings (SSSR count). The molecule has 2 heteroatoms. The van der Waals surface area contributed by atoms with Crippen LogP contribution in [0.3, 0.4) is 0 Å². The van der Waals surface area contributed by atoms with E-state index in [0.717, 1.165) is 22.8 Å². The van der Waals surface area contributed by atoms with Gasteiger partial charge in [0.15, 0.2) is 12.0 Å². The molecule has 0 fully saturated rings. The zero-order chi connectivity index (χ0) is 9.42. The molecule has 0 spiro atoms. The number of fused-ring (bicyclic) bond motifs is 1. The Morgan fingerprint density at radius 3 is 2.77 bits per heavy atom. The third kappa shape index (κ3) is 1.15. The number of aldehydes is 1. The molecule has 0 unspecified atom stereocenters. The minimum atomic E-state index is 0.431. The van der Waals surface area contributed by atoms with Gasteiger partial charge in [0.05, 0.1) is 0 Å². The number of rotatable bonds is 1. The maximum atomic E-state index is 10.6.